The number of hydrogen-bond acceptors (Lipinski definition) is 4. The number of carbonyl (C=O) groups excluding carboxylic acids is 1. The first kappa shape index (κ1) is 19.0. The quantitative estimate of drug-likeness (QED) is 0.711. The molecule has 130 valence electrons. The molecule has 0 radical (unpaired) electrons. The third-order valence-corrected chi connectivity index (χ3v) is 2.75. The topological polar surface area (TPSA) is 79.8 Å². The maximum Gasteiger partial charge on any atom is 0.573 e. The number of urea groups is 1. The molecule has 6 nitrogen and oxygen atoms in total. The maximum absolute atomic E-state index is 12.0. The summed E-state index contributed by atoms with van der Waals surface area (Å²) < 4.78 is 44.7. The Morgan fingerprint density at radius 2 is 1.91 bits per heavy atom. The van der Waals surface area contributed by atoms with Crippen LogP contribution in [0, 0.1) is 0 Å². The largest absolute Gasteiger partial charge is 0.573 e. The van der Waals surface area contributed by atoms with Crippen LogP contribution >= 0.6 is 0 Å². The number of nitrogens with one attached hydrogen (secondary N) is 2. The minimum absolute atomic E-state index is 0.0923. The maximum atomic E-state index is 12.0. The Bertz CT molecular complexity index is 494. The summed E-state index contributed by atoms with van der Waals surface area (Å²) in [5.74, 6) is -0.382. The van der Waals surface area contributed by atoms with Gasteiger partial charge in [0.2, 0.25) is 0 Å². The van der Waals surface area contributed by atoms with Crippen LogP contribution in [0.5, 0.6) is 5.75 Å². The Morgan fingerprint density at radius 1 is 1.30 bits per heavy atom. The van der Waals surface area contributed by atoms with Gasteiger partial charge in [-0.1, -0.05) is 12.1 Å². The first-order valence-corrected chi connectivity index (χ1v) is 6.78. The van der Waals surface area contributed by atoms with Crippen molar-refractivity contribution in [3.05, 3.63) is 29.8 Å². The number of amides is 2. The van der Waals surface area contributed by atoms with E-state index in [1.165, 1.54) is 19.2 Å². The standard InChI is InChI=1S/C14H19F3N2O4/c1-9(8-22-2)19-13(21)18-7-12(20)10-3-5-11(6-4-10)23-14(15,16)17/h3-6,9,12,20H,7-8H2,1-2H3,(H2,18,19,21)/t9-,12+/m1/s1. The summed E-state index contributed by atoms with van der Waals surface area (Å²) in [6.07, 6.45) is -5.82. The molecule has 1 aromatic rings. The molecular formula is C14H19F3N2O4. The van der Waals surface area contributed by atoms with E-state index < -0.39 is 18.5 Å². The molecule has 0 aliphatic carbocycles. The molecule has 0 fully saturated rings. The highest BCUT2D eigenvalue weighted by Crippen LogP contribution is 2.24. The summed E-state index contributed by atoms with van der Waals surface area (Å²) in [6, 6.07) is 4.08. The average Bonchev–Trinajstić information content (AvgIpc) is 2.44. The molecule has 23 heavy (non-hydrogen) atoms. The molecule has 9 heteroatoms. The van der Waals surface area contributed by atoms with Crippen molar-refractivity contribution in [2.24, 2.45) is 0 Å². The van der Waals surface area contributed by atoms with E-state index in [-0.39, 0.29) is 18.3 Å². The molecule has 0 heterocycles. The highest BCUT2D eigenvalue weighted by Gasteiger charge is 2.31. The van der Waals surface area contributed by atoms with Crippen LogP contribution in [0.15, 0.2) is 24.3 Å². The van der Waals surface area contributed by atoms with Gasteiger partial charge in [-0.05, 0) is 24.6 Å². The van der Waals surface area contributed by atoms with E-state index in [2.05, 4.69) is 15.4 Å². The predicted octanol–water partition coefficient (Wildman–Crippen LogP) is 1.95. The summed E-state index contributed by atoms with van der Waals surface area (Å²) in [4.78, 5) is 11.5. The van der Waals surface area contributed by atoms with Crippen molar-refractivity contribution in [3.8, 4) is 5.75 Å². The van der Waals surface area contributed by atoms with E-state index in [4.69, 9.17) is 4.74 Å². The molecule has 1 rings (SSSR count). The minimum atomic E-state index is -4.77. The van der Waals surface area contributed by atoms with Crippen LogP contribution in [0.1, 0.15) is 18.6 Å². The Morgan fingerprint density at radius 3 is 2.43 bits per heavy atom. The van der Waals surface area contributed by atoms with Gasteiger partial charge in [-0.25, -0.2) is 4.79 Å². The van der Waals surface area contributed by atoms with Crippen molar-refractivity contribution >= 4 is 6.03 Å². The van der Waals surface area contributed by atoms with Crippen LogP contribution in [-0.4, -0.2) is 43.8 Å². The Kier molecular flexibility index (Phi) is 7.11. The molecule has 0 spiro atoms. The zero-order chi connectivity index (χ0) is 17.5. The van der Waals surface area contributed by atoms with E-state index in [0.29, 0.717) is 12.2 Å². The highest BCUT2D eigenvalue weighted by atomic mass is 19.4. The van der Waals surface area contributed by atoms with Gasteiger partial charge in [-0.3, -0.25) is 0 Å². The fourth-order valence-electron chi connectivity index (χ4n) is 1.77. The fraction of sp³-hybridized carbons (Fsp3) is 0.500. The van der Waals surface area contributed by atoms with Gasteiger partial charge in [-0.15, -0.1) is 13.2 Å². The van der Waals surface area contributed by atoms with Gasteiger partial charge >= 0.3 is 12.4 Å². The average molecular weight is 336 g/mol. The number of benzene rings is 1. The van der Waals surface area contributed by atoms with Gasteiger partial charge < -0.3 is 25.2 Å². The summed E-state index contributed by atoms with van der Waals surface area (Å²) in [6.45, 7) is 2.00. The van der Waals surface area contributed by atoms with Gasteiger partial charge in [0.25, 0.3) is 0 Å². The molecule has 3 N–H and O–H groups in total. The third-order valence-electron chi connectivity index (χ3n) is 2.75. The van der Waals surface area contributed by atoms with E-state index in [1.807, 2.05) is 0 Å². The van der Waals surface area contributed by atoms with Crippen LogP contribution in [0.2, 0.25) is 0 Å². The van der Waals surface area contributed by atoms with E-state index in [9.17, 15) is 23.1 Å². The third kappa shape index (κ3) is 7.71. The molecule has 0 saturated carbocycles. The lowest BCUT2D eigenvalue weighted by molar-refractivity contribution is -0.274. The lowest BCUT2D eigenvalue weighted by Gasteiger charge is -2.16. The normalized spacial score (nSPS) is 14.0. The zero-order valence-electron chi connectivity index (χ0n) is 12.7. The van der Waals surface area contributed by atoms with Crippen LogP contribution in [0.4, 0.5) is 18.0 Å². The van der Waals surface area contributed by atoms with Gasteiger partial charge in [0.1, 0.15) is 5.75 Å². The molecule has 0 aromatic heterocycles. The van der Waals surface area contributed by atoms with Crippen LogP contribution < -0.4 is 15.4 Å². The van der Waals surface area contributed by atoms with Gasteiger partial charge in [-0.2, -0.15) is 0 Å². The van der Waals surface area contributed by atoms with Crippen molar-refractivity contribution in [1.82, 2.24) is 10.6 Å². The van der Waals surface area contributed by atoms with Gasteiger partial charge in [0.05, 0.1) is 18.8 Å². The summed E-state index contributed by atoms with van der Waals surface area (Å²) in [5.41, 5.74) is 0.352. The number of rotatable bonds is 7. The molecule has 0 aliphatic rings. The molecule has 0 unspecified atom stereocenters. The van der Waals surface area contributed by atoms with Crippen molar-refractivity contribution < 1.29 is 32.5 Å². The van der Waals surface area contributed by atoms with E-state index in [1.54, 1.807) is 6.92 Å². The Hall–Kier alpha value is -2.00. The summed E-state index contributed by atoms with van der Waals surface area (Å²) in [5, 5.41) is 14.9. The Labute approximate surface area is 131 Å². The van der Waals surface area contributed by atoms with Crippen LogP contribution in [0.25, 0.3) is 0 Å². The summed E-state index contributed by atoms with van der Waals surface area (Å²) in [7, 11) is 1.51. The van der Waals surface area contributed by atoms with Crippen molar-refractivity contribution in [2.75, 3.05) is 20.3 Å². The SMILES string of the molecule is COC[C@@H](C)NC(=O)NC[C@H](O)c1ccc(OC(F)(F)F)cc1. The number of hydrogen-bond donors (Lipinski definition) is 3. The number of methoxy groups -OCH3 is 1. The highest BCUT2D eigenvalue weighted by molar-refractivity contribution is 5.74. The number of halogens is 3. The monoisotopic (exact) mass is 336 g/mol. The second kappa shape index (κ2) is 8.59. The molecule has 2 amide bonds. The fourth-order valence-corrected chi connectivity index (χ4v) is 1.77. The number of alkyl halides is 3. The number of carbonyl (C=O) groups is 1. The van der Waals surface area contributed by atoms with Gasteiger partial charge in [0.15, 0.2) is 0 Å². The second-order valence-corrected chi connectivity index (χ2v) is 4.84. The van der Waals surface area contributed by atoms with Crippen LogP contribution in [0.3, 0.4) is 0 Å². The van der Waals surface area contributed by atoms with E-state index in [0.717, 1.165) is 12.1 Å². The molecule has 1 aromatic carbocycles. The zero-order valence-corrected chi connectivity index (χ0v) is 12.7. The first-order valence-electron chi connectivity index (χ1n) is 6.78. The first-order chi connectivity index (χ1) is 10.7. The summed E-state index contributed by atoms with van der Waals surface area (Å²) >= 11 is 0. The van der Waals surface area contributed by atoms with Crippen LogP contribution in [-0.2, 0) is 4.74 Å². The number of aliphatic hydroxyl groups excluding tert-OH is 1. The molecule has 0 bridgehead atoms. The minimum Gasteiger partial charge on any atom is -0.406 e. The molecular weight excluding hydrogens is 317 g/mol. The molecule has 0 aliphatic heterocycles. The smallest absolute Gasteiger partial charge is 0.406 e. The number of aliphatic hydroxyl groups is 1. The van der Waals surface area contributed by atoms with Crippen molar-refractivity contribution in [3.63, 3.8) is 0 Å². The molecule has 0 saturated heterocycles. The van der Waals surface area contributed by atoms with E-state index >= 15 is 0 Å². The van der Waals surface area contributed by atoms with Crippen molar-refractivity contribution in [2.45, 2.75) is 25.4 Å². The predicted molar refractivity (Wildman–Crippen MR) is 76.0 cm³/mol. The lowest BCUT2D eigenvalue weighted by Crippen LogP contribution is -2.43. The Balaban J connectivity index is 2.45. The van der Waals surface area contributed by atoms with Gasteiger partial charge in [0, 0.05) is 13.7 Å². The number of ether oxygens (including phenoxy) is 2. The van der Waals surface area contributed by atoms with Crippen molar-refractivity contribution in [1.29, 1.82) is 0 Å². The lowest BCUT2D eigenvalue weighted by atomic mass is 10.1. The second-order valence-electron chi connectivity index (χ2n) is 4.84. The molecule has 2 atom stereocenters.